The van der Waals surface area contributed by atoms with E-state index in [-0.39, 0.29) is 30.5 Å². The van der Waals surface area contributed by atoms with E-state index in [9.17, 15) is 9.59 Å². The highest BCUT2D eigenvalue weighted by Gasteiger charge is 2.26. The molecular formula is C21H27NO4. The summed E-state index contributed by atoms with van der Waals surface area (Å²) in [5.41, 5.74) is 6.16. The molecule has 2 aromatic rings. The van der Waals surface area contributed by atoms with E-state index >= 15 is 0 Å². The first-order chi connectivity index (χ1) is 12.2. The summed E-state index contributed by atoms with van der Waals surface area (Å²) in [7, 11) is 1.35. The molecule has 1 aromatic heterocycles. The van der Waals surface area contributed by atoms with E-state index < -0.39 is 0 Å². The van der Waals surface area contributed by atoms with Crippen molar-refractivity contribution in [1.82, 2.24) is 5.16 Å². The summed E-state index contributed by atoms with van der Waals surface area (Å²) in [6.45, 7) is 9.89. The van der Waals surface area contributed by atoms with Crippen LogP contribution in [0.1, 0.15) is 58.0 Å². The van der Waals surface area contributed by atoms with E-state index in [4.69, 9.17) is 9.26 Å². The molecule has 5 nitrogen and oxygen atoms in total. The van der Waals surface area contributed by atoms with E-state index in [1.54, 1.807) is 0 Å². The van der Waals surface area contributed by atoms with Gasteiger partial charge in [0.05, 0.1) is 19.2 Å². The van der Waals surface area contributed by atoms with E-state index in [0.717, 1.165) is 16.7 Å². The first kappa shape index (κ1) is 19.9. The lowest BCUT2D eigenvalue weighted by atomic mass is 9.89. The molecule has 2 rings (SSSR count). The van der Waals surface area contributed by atoms with Crippen molar-refractivity contribution in [3.63, 3.8) is 0 Å². The fourth-order valence-corrected chi connectivity index (χ4v) is 3.13. The van der Waals surface area contributed by atoms with Gasteiger partial charge in [0, 0.05) is 24.3 Å². The predicted molar refractivity (Wildman–Crippen MR) is 99.3 cm³/mol. The number of benzene rings is 1. The first-order valence-corrected chi connectivity index (χ1v) is 8.81. The average molecular weight is 357 g/mol. The summed E-state index contributed by atoms with van der Waals surface area (Å²) < 4.78 is 10.0. The zero-order valence-electron chi connectivity index (χ0n) is 16.4. The predicted octanol–water partition coefficient (Wildman–Crippen LogP) is 4.07. The molecule has 0 spiro atoms. The maximum Gasteiger partial charge on any atom is 0.306 e. The van der Waals surface area contributed by atoms with Crippen LogP contribution >= 0.6 is 0 Å². The monoisotopic (exact) mass is 357 g/mol. The van der Waals surface area contributed by atoms with Gasteiger partial charge in [-0.2, -0.15) is 0 Å². The molecule has 0 aliphatic rings. The third kappa shape index (κ3) is 4.40. The van der Waals surface area contributed by atoms with Crippen LogP contribution in [-0.4, -0.2) is 24.0 Å². The highest BCUT2D eigenvalue weighted by Crippen LogP contribution is 2.29. The number of hydrogen-bond acceptors (Lipinski definition) is 5. The van der Waals surface area contributed by atoms with E-state index in [0.29, 0.717) is 17.9 Å². The standard InChI is InChI=1S/C21H27NO4/c1-12-7-8-17(14(3)13(12)2)9-19(23)10-18(11-20(24)25-6)21-15(4)16(5)26-22-21/h7-8,18H,9-11H2,1-6H3. The van der Waals surface area contributed by atoms with Crippen LogP contribution in [0, 0.1) is 34.6 Å². The maximum absolute atomic E-state index is 12.7. The van der Waals surface area contributed by atoms with E-state index in [1.807, 2.05) is 32.9 Å². The van der Waals surface area contributed by atoms with Gasteiger partial charge >= 0.3 is 5.97 Å². The number of aryl methyl sites for hydroxylation is 2. The quantitative estimate of drug-likeness (QED) is 0.699. The molecule has 0 radical (unpaired) electrons. The highest BCUT2D eigenvalue weighted by atomic mass is 16.5. The van der Waals surface area contributed by atoms with Gasteiger partial charge < -0.3 is 9.26 Å². The van der Waals surface area contributed by atoms with Crippen molar-refractivity contribution in [3.05, 3.63) is 51.4 Å². The number of ketones is 1. The molecule has 5 heteroatoms. The second kappa shape index (κ2) is 8.30. The summed E-state index contributed by atoms with van der Waals surface area (Å²) in [4.78, 5) is 24.5. The Morgan fingerprint density at radius 1 is 1.04 bits per heavy atom. The number of carbonyl (C=O) groups excluding carboxylic acids is 2. The molecule has 0 bridgehead atoms. The molecule has 0 aliphatic carbocycles. The normalized spacial score (nSPS) is 12.1. The number of rotatable bonds is 7. The van der Waals surface area contributed by atoms with Gasteiger partial charge in [-0.05, 0) is 56.9 Å². The Bertz CT molecular complexity index is 820. The van der Waals surface area contributed by atoms with Crippen LogP contribution in [0.5, 0.6) is 0 Å². The number of esters is 1. The van der Waals surface area contributed by atoms with Crippen LogP contribution in [0.2, 0.25) is 0 Å². The van der Waals surface area contributed by atoms with Crippen molar-refractivity contribution in [3.8, 4) is 0 Å². The smallest absolute Gasteiger partial charge is 0.306 e. The molecule has 0 amide bonds. The summed E-state index contributed by atoms with van der Waals surface area (Å²) in [5, 5.41) is 4.07. The van der Waals surface area contributed by atoms with Gasteiger partial charge in [-0.25, -0.2) is 0 Å². The number of ether oxygens (including phenoxy) is 1. The first-order valence-electron chi connectivity index (χ1n) is 8.81. The molecule has 26 heavy (non-hydrogen) atoms. The van der Waals surface area contributed by atoms with Crippen molar-refractivity contribution in [2.75, 3.05) is 7.11 Å². The average Bonchev–Trinajstić information content (AvgIpc) is 2.94. The lowest BCUT2D eigenvalue weighted by Gasteiger charge is -2.15. The molecule has 0 saturated heterocycles. The van der Waals surface area contributed by atoms with E-state index in [1.165, 1.54) is 18.2 Å². The highest BCUT2D eigenvalue weighted by molar-refractivity contribution is 5.83. The zero-order chi connectivity index (χ0) is 19.4. The van der Waals surface area contributed by atoms with Crippen LogP contribution in [-0.2, 0) is 20.7 Å². The molecule has 0 fully saturated rings. The van der Waals surface area contributed by atoms with Gasteiger partial charge in [-0.1, -0.05) is 17.3 Å². The minimum absolute atomic E-state index is 0.0744. The Kier molecular flexibility index (Phi) is 6.35. The third-order valence-corrected chi connectivity index (χ3v) is 5.25. The summed E-state index contributed by atoms with van der Waals surface area (Å²) in [6.07, 6.45) is 0.690. The van der Waals surface area contributed by atoms with Gasteiger partial charge in [0.1, 0.15) is 11.5 Å². The number of aromatic nitrogens is 1. The topological polar surface area (TPSA) is 69.4 Å². The Labute approximate surface area is 154 Å². The Morgan fingerprint density at radius 2 is 1.73 bits per heavy atom. The van der Waals surface area contributed by atoms with Gasteiger partial charge in [0.2, 0.25) is 0 Å². The SMILES string of the molecule is COC(=O)CC(CC(=O)Cc1ccc(C)c(C)c1C)c1noc(C)c1C. The van der Waals surface area contributed by atoms with Crippen LogP contribution in [0.3, 0.4) is 0 Å². The molecule has 140 valence electrons. The Balaban J connectivity index is 2.20. The zero-order valence-corrected chi connectivity index (χ0v) is 16.4. The fraction of sp³-hybridized carbons (Fsp3) is 0.476. The number of methoxy groups -OCH3 is 1. The van der Waals surface area contributed by atoms with Crippen molar-refractivity contribution in [2.24, 2.45) is 0 Å². The number of hydrogen-bond donors (Lipinski definition) is 0. The van der Waals surface area contributed by atoms with Crippen molar-refractivity contribution >= 4 is 11.8 Å². The molecule has 1 aromatic carbocycles. The van der Waals surface area contributed by atoms with Gasteiger partial charge in [-0.15, -0.1) is 0 Å². The molecule has 1 unspecified atom stereocenters. The van der Waals surface area contributed by atoms with Crippen LogP contribution < -0.4 is 0 Å². The molecule has 0 N–H and O–H groups in total. The third-order valence-electron chi connectivity index (χ3n) is 5.25. The number of carbonyl (C=O) groups is 2. The molecule has 1 atom stereocenters. The molecule has 0 saturated carbocycles. The van der Waals surface area contributed by atoms with Crippen molar-refractivity contribution in [1.29, 1.82) is 0 Å². The van der Waals surface area contributed by atoms with Crippen molar-refractivity contribution < 1.29 is 18.8 Å². The fourth-order valence-electron chi connectivity index (χ4n) is 3.13. The van der Waals surface area contributed by atoms with Gasteiger partial charge in [0.15, 0.2) is 0 Å². The lowest BCUT2D eigenvalue weighted by molar-refractivity contribution is -0.141. The minimum atomic E-state index is -0.356. The summed E-state index contributed by atoms with van der Waals surface area (Å²) in [6, 6.07) is 4.05. The lowest BCUT2D eigenvalue weighted by Crippen LogP contribution is -2.16. The van der Waals surface area contributed by atoms with E-state index in [2.05, 4.69) is 19.0 Å². The van der Waals surface area contributed by atoms with Crippen LogP contribution in [0.4, 0.5) is 0 Å². The second-order valence-corrected chi connectivity index (χ2v) is 6.94. The Morgan fingerprint density at radius 3 is 2.31 bits per heavy atom. The van der Waals surface area contributed by atoms with Crippen molar-refractivity contribution in [2.45, 2.75) is 59.8 Å². The maximum atomic E-state index is 12.7. The second-order valence-electron chi connectivity index (χ2n) is 6.94. The molecule has 0 aliphatic heterocycles. The number of Topliss-reactive ketones (excluding diaryl/α,β-unsaturated/α-hetero) is 1. The van der Waals surface area contributed by atoms with Gasteiger partial charge in [-0.3, -0.25) is 9.59 Å². The minimum Gasteiger partial charge on any atom is -0.469 e. The largest absolute Gasteiger partial charge is 0.469 e. The van der Waals surface area contributed by atoms with Crippen LogP contribution in [0.15, 0.2) is 16.7 Å². The summed E-state index contributed by atoms with van der Waals surface area (Å²) >= 11 is 0. The Hall–Kier alpha value is -2.43. The number of nitrogens with zero attached hydrogens (tertiary/aromatic N) is 1. The molecular weight excluding hydrogens is 330 g/mol. The van der Waals surface area contributed by atoms with Crippen LogP contribution in [0.25, 0.3) is 0 Å². The van der Waals surface area contributed by atoms with Gasteiger partial charge in [0.25, 0.3) is 0 Å². The summed E-state index contributed by atoms with van der Waals surface area (Å²) in [5.74, 6) is 0.0853. The molecule has 1 heterocycles.